The van der Waals surface area contributed by atoms with Crippen LogP contribution in [-0.2, 0) is 16.0 Å². The lowest BCUT2D eigenvalue weighted by Gasteiger charge is -2.27. The number of carbonyl (C=O) groups excluding carboxylic acids is 1. The minimum absolute atomic E-state index is 0.181. The fourth-order valence-corrected chi connectivity index (χ4v) is 2.93. The summed E-state index contributed by atoms with van der Waals surface area (Å²) in [5.41, 5.74) is 0.786. The summed E-state index contributed by atoms with van der Waals surface area (Å²) in [6, 6.07) is 4.51. The van der Waals surface area contributed by atoms with Crippen LogP contribution in [0.4, 0.5) is 0 Å². The van der Waals surface area contributed by atoms with Crippen molar-refractivity contribution in [3.63, 3.8) is 0 Å². The van der Waals surface area contributed by atoms with Gasteiger partial charge in [0.05, 0.1) is 11.8 Å². The third-order valence-electron chi connectivity index (χ3n) is 4.17. The summed E-state index contributed by atoms with van der Waals surface area (Å²) >= 11 is 0. The Bertz CT molecular complexity index is 557. The zero-order valence-corrected chi connectivity index (χ0v) is 12.3. The first-order valence-corrected chi connectivity index (χ1v) is 7.50. The number of aromatic hydroxyl groups is 2. The van der Waals surface area contributed by atoms with Crippen LogP contribution in [0, 0.1) is 11.8 Å². The highest BCUT2D eigenvalue weighted by atomic mass is 16.4. The second-order valence-electron chi connectivity index (χ2n) is 5.70. The molecule has 0 radical (unpaired) electrons. The van der Waals surface area contributed by atoms with E-state index in [1.807, 2.05) is 0 Å². The summed E-state index contributed by atoms with van der Waals surface area (Å²) in [5, 5.41) is 30.6. The molecule has 1 fully saturated rings. The molecule has 4 N–H and O–H groups in total. The number of aliphatic carboxylic acids is 1. The van der Waals surface area contributed by atoms with Crippen LogP contribution >= 0.6 is 0 Å². The quantitative estimate of drug-likeness (QED) is 0.619. The van der Waals surface area contributed by atoms with Gasteiger partial charge in [-0.2, -0.15) is 0 Å². The molecule has 0 spiro atoms. The van der Waals surface area contributed by atoms with Gasteiger partial charge in [-0.05, 0) is 37.0 Å². The van der Waals surface area contributed by atoms with E-state index in [9.17, 15) is 24.9 Å². The number of phenolic OH excluding ortho intramolecular Hbond substituents is 2. The minimum atomic E-state index is -0.900. The number of rotatable bonds is 5. The molecule has 2 atom stereocenters. The van der Waals surface area contributed by atoms with Crippen molar-refractivity contribution in [2.45, 2.75) is 32.1 Å². The van der Waals surface area contributed by atoms with Gasteiger partial charge in [-0.3, -0.25) is 9.59 Å². The summed E-state index contributed by atoms with van der Waals surface area (Å²) in [4.78, 5) is 23.4. The number of carboxylic acids is 1. The average molecular weight is 307 g/mol. The Morgan fingerprint density at radius 2 is 1.77 bits per heavy atom. The van der Waals surface area contributed by atoms with Crippen molar-refractivity contribution in [1.82, 2.24) is 5.32 Å². The maximum Gasteiger partial charge on any atom is 0.307 e. The summed E-state index contributed by atoms with van der Waals surface area (Å²) in [5.74, 6) is -2.54. The van der Waals surface area contributed by atoms with Crippen LogP contribution in [0.15, 0.2) is 18.2 Å². The SMILES string of the molecule is O=C(O)C1CCCCC1C(=O)NCCc1ccc(O)c(O)c1. The van der Waals surface area contributed by atoms with Gasteiger partial charge in [-0.1, -0.05) is 18.9 Å². The predicted octanol–water partition coefficient (Wildman–Crippen LogP) is 1.65. The van der Waals surface area contributed by atoms with E-state index in [1.165, 1.54) is 12.1 Å². The zero-order chi connectivity index (χ0) is 16.1. The molecule has 0 heterocycles. The smallest absolute Gasteiger partial charge is 0.307 e. The first kappa shape index (κ1) is 16.1. The van der Waals surface area contributed by atoms with E-state index in [1.54, 1.807) is 6.07 Å². The molecule has 0 aliphatic heterocycles. The van der Waals surface area contributed by atoms with Gasteiger partial charge in [0.15, 0.2) is 11.5 Å². The minimum Gasteiger partial charge on any atom is -0.504 e. The summed E-state index contributed by atoms with van der Waals surface area (Å²) < 4.78 is 0. The number of hydrogen-bond donors (Lipinski definition) is 4. The fraction of sp³-hybridized carbons (Fsp3) is 0.500. The van der Waals surface area contributed by atoms with Gasteiger partial charge < -0.3 is 20.6 Å². The molecule has 0 aromatic heterocycles. The predicted molar refractivity (Wildman–Crippen MR) is 79.6 cm³/mol. The summed E-state index contributed by atoms with van der Waals surface area (Å²) in [7, 11) is 0. The molecule has 1 amide bonds. The van der Waals surface area contributed by atoms with Crippen LogP contribution in [0.2, 0.25) is 0 Å². The third kappa shape index (κ3) is 3.90. The number of amides is 1. The molecular formula is C16H21NO5. The van der Waals surface area contributed by atoms with Crippen molar-refractivity contribution in [3.8, 4) is 11.5 Å². The average Bonchev–Trinajstić information content (AvgIpc) is 2.50. The van der Waals surface area contributed by atoms with Gasteiger partial charge in [0.2, 0.25) is 5.91 Å². The van der Waals surface area contributed by atoms with Crippen molar-refractivity contribution in [1.29, 1.82) is 0 Å². The molecule has 2 rings (SSSR count). The standard InChI is InChI=1S/C16H21NO5/c18-13-6-5-10(9-14(13)19)7-8-17-15(20)11-3-1-2-4-12(11)16(21)22/h5-6,9,11-12,18-19H,1-4,7-8H2,(H,17,20)(H,21,22). The van der Waals surface area contributed by atoms with Crippen molar-refractivity contribution >= 4 is 11.9 Å². The Morgan fingerprint density at radius 3 is 2.41 bits per heavy atom. The number of nitrogens with one attached hydrogen (secondary N) is 1. The molecule has 0 bridgehead atoms. The molecule has 1 aromatic rings. The molecule has 6 nitrogen and oxygen atoms in total. The monoisotopic (exact) mass is 307 g/mol. The number of carboxylic acid groups (broad SMARTS) is 1. The molecule has 1 aromatic carbocycles. The van der Waals surface area contributed by atoms with E-state index in [0.717, 1.165) is 18.4 Å². The molecular weight excluding hydrogens is 286 g/mol. The van der Waals surface area contributed by atoms with Gasteiger partial charge in [-0.25, -0.2) is 0 Å². The normalized spacial score (nSPS) is 21.3. The summed E-state index contributed by atoms with van der Waals surface area (Å²) in [6.45, 7) is 0.367. The molecule has 0 saturated heterocycles. The van der Waals surface area contributed by atoms with Crippen LogP contribution in [0.1, 0.15) is 31.2 Å². The molecule has 1 aliphatic rings. The Kier molecular flexibility index (Phi) is 5.25. The molecule has 120 valence electrons. The zero-order valence-electron chi connectivity index (χ0n) is 12.3. The fourth-order valence-electron chi connectivity index (χ4n) is 2.93. The van der Waals surface area contributed by atoms with Crippen LogP contribution in [0.3, 0.4) is 0 Å². The van der Waals surface area contributed by atoms with Crippen LogP contribution in [0.25, 0.3) is 0 Å². The Labute approximate surface area is 128 Å². The molecule has 1 aliphatic carbocycles. The maximum atomic E-state index is 12.2. The highest BCUT2D eigenvalue weighted by Gasteiger charge is 2.35. The van der Waals surface area contributed by atoms with E-state index in [4.69, 9.17) is 0 Å². The molecule has 2 unspecified atom stereocenters. The van der Waals surface area contributed by atoms with Crippen LogP contribution in [0.5, 0.6) is 11.5 Å². The Balaban J connectivity index is 1.86. The molecule has 22 heavy (non-hydrogen) atoms. The van der Waals surface area contributed by atoms with Crippen molar-refractivity contribution in [2.24, 2.45) is 11.8 Å². The topological polar surface area (TPSA) is 107 Å². The van der Waals surface area contributed by atoms with Gasteiger partial charge in [0, 0.05) is 6.54 Å². The first-order valence-electron chi connectivity index (χ1n) is 7.50. The van der Waals surface area contributed by atoms with Crippen molar-refractivity contribution in [3.05, 3.63) is 23.8 Å². The lowest BCUT2D eigenvalue weighted by atomic mass is 9.78. The van der Waals surface area contributed by atoms with Crippen molar-refractivity contribution in [2.75, 3.05) is 6.54 Å². The van der Waals surface area contributed by atoms with Crippen LogP contribution in [-0.4, -0.2) is 33.7 Å². The van der Waals surface area contributed by atoms with Gasteiger partial charge >= 0.3 is 5.97 Å². The second kappa shape index (κ2) is 7.15. The number of benzene rings is 1. The molecule has 6 heteroatoms. The summed E-state index contributed by atoms with van der Waals surface area (Å²) in [6.07, 6.45) is 3.41. The largest absolute Gasteiger partial charge is 0.504 e. The third-order valence-corrected chi connectivity index (χ3v) is 4.17. The number of carbonyl (C=O) groups is 2. The lowest BCUT2D eigenvalue weighted by Crippen LogP contribution is -2.40. The van der Waals surface area contributed by atoms with Crippen LogP contribution < -0.4 is 5.32 Å². The van der Waals surface area contributed by atoms with E-state index >= 15 is 0 Å². The highest BCUT2D eigenvalue weighted by molar-refractivity contribution is 5.84. The van der Waals surface area contributed by atoms with Gasteiger partial charge in [0.25, 0.3) is 0 Å². The van der Waals surface area contributed by atoms with E-state index < -0.39 is 17.8 Å². The lowest BCUT2D eigenvalue weighted by molar-refractivity contribution is -0.148. The van der Waals surface area contributed by atoms with Gasteiger partial charge in [0.1, 0.15) is 0 Å². The van der Waals surface area contributed by atoms with E-state index in [0.29, 0.717) is 25.8 Å². The highest BCUT2D eigenvalue weighted by Crippen LogP contribution is 2.30. The van der Waals surface area contributed by atoms with E-state index in [2.05, 4.69) is 5.32 Å². The first-order chi connectivity index (χ1) is 10.5. The van der Waals surface area contributed by atoms with E-state index in [-0.39, 0.29) is 17.4 Å². The Morgan fingerprint density at radius 1 is 1.09 bits per heavy atom. The van der Waals surface area contributed by atoms with Gasteiger partial charge in [-0.15, -0.1) is 0 Å². The number of phenols is 2. The van der Waals surface area contributed by atoms with Crippen molar-refractivity contribution < 1.29 is 24.9 Å². The molecule has 1 saturated carbocycles. The second-order valence-corrected chi connectivity index (χ2v) is 5.70. The number of hydrogen-bond acceptors (Lipinski definition) is 4. The Hall–Kier alpha value is -2.24. The maximum absolute atomic E-state index is 12.2.